The number of nitrogens with one attached hydrogen (secondary N) is 1. The van der Waals surface area contributed by atoms with Crippen molar-refractivity contribution in [1.29, 1.82) is 0 Å². The van der Waals surface area contributed by atoms with Crippen LogP contribution in [-0.4, -0.2) is 10.9 Å². The average Bonchev–Trinajstić information content (AvgIpc) is 2.80. The van der Waals surface area contributed by atoms with Crippen LogP contribution in [0.25, 0.3) is 11.1 Å². The molecule has 0 aliphatic carbocycles. The second-order valence-corrected chi connectivity index (χ2v) is 4.49. The highest BCUT2D eigenvalue weighted by Gasteiger charge is 2.12. The molecular weight excluding hydrogens is 278 g/mol. The first-order chi connectivity index (χ1) is 10.0. The fourth-order valence-electron chi connectivity index (χ4n) is 1.97. The molecule has 0 saturated heterocycles. The zero-order valence-corrected chi connectivity index (χ0v) is 11.0. The number of oxazole rings is 1. The van der Waals surface area contributed by atoms with E-state index in [9.17, 15) is 13.6 Å². The zero-order valence-electron chi connectivity index (χ0n) is 11.0. The van der Waals surface area contributed by atoms with E-state index in [2.05, 4.69) is 10.3 Å². The van der Waals surface area contributed by atoms with Gasteiger partial charge < -0.3 is 9.73 Å². The lowest BCUT2D eigenvalue weighted by molar-refractivity contribution is 0.102. The molecule has 21 heavy (non-hydrogen) atoms. The average molecular weight is 288 g/mol. The zero-order chi connectivity index (χ0) is 15.0. The summed E-state index contributed by atoms with van der Waals surface area (Å²) in [6, 6.07) is 7.65. The van der Waals surface area contributed by atoms with Gasteiger partial charge in [-0.15, -0.1) is 0 Å². The molecule has 0 aliphatic heterocycles. The van der Waals surface area contributed by atoms with Gasteiger partial charge in [-0.2, -0.15) is 0 Å². The van der Waals surface area contributed by atoms with E-state index in [1.807, 2.05) is 0 Å². The van der Waals surface area contributed by atoms with Crippen LogP contribution < -0.4 is 5.32 Å². The van der Waals surface area contributed by atoms with E-state index in [1.54, 1.807) is 25.1 Å². The number of fused-ring (bicyclic) bond motifs is 1. The number of nitrogens with zero attached hydrogens (tertiary/aromatic N) is 1. The highest BCUT2D eigenvalue weighted by molar-refractivity contribution is 6.05. The van der Waals surface area contributed by atoms with Crippen LogP contribution in [0.5, 0.6) is 0 Å². The Morgan fingerprint density at radius 1 is 1.19 bits per heavy atom. The van der Waals surface area contributed by atoms with Crippen LogP contribution in [0.4, 0.5) is 14.5 Å². The van der Waals surface area contributed by atoms with Crippen molar-refractivity contribution >= 4 is 22.7 Å². The first kappa shape index (κ1) is 13.2. The summed E-state index contributed by atoms with van der Waals surface area (Å²) in [5.74, 6) is -1.55. The van der Waals surface area contributed by atoms with E-state index < -0.39 is 17.5 Å². The van der Waals surface area contributed by atoms with Gasteiger partial charge in [0.05, 0.1) is 5.69 Å². The Morgan fingerprint density at radius 3 is 2.76 bits per heavy atom. The molecule has 1 heterocycles. The van der Waals surface area contributed by atoms with Gasteiger partial charge in [-0.3, -0.25) is 4.79 Å². The van der Waals surface area contributed by atoms with Gasteiger partial charge in [0.1, 0.15) is 17.2 Å². The Kier molecular flexibility index (Phi) is 3.13. The monoisotopic (exact) mass is 288 g/mol. The maximum absolute atomic E-state index is 13.5. The second kappa shape index (κ2) is 4.97. The molecule has 6 heteroatoms. The van der Waals surface area contributed by atoms with Crippen molar-refractivity contribution in [1.82, 2.24) is 4.98 Å². The molecule has 4 nitrogen and oxygen atoms in total. The Bertz CT molecular complexity index is 843. The van der Waals surface area contributed by atoms with Crippen LogP contribution in [0.3, 0.4) is 0 Å². The van der Waals surface area contributed by atoms with Crippen LogP contribution >= 0.6 is 0 Å². The number of halogens is 2. The van der Waals surface area contributed by atoms with Gasteiger partial charge in [-0.05, 0) is 30.3 Å². The molecule has 0 bridgehead atoms. The largest absolute Gasteiger partial charge is 0.441 e. The number of carbonyl (C=O) groups excluding carboxylic acids is 1. The van der Waals surface area contributed by atoms with Crippen LogP contribution in [0.1, 0.15) is 16.2 Å². The SMILES string of the molecule is Cc1nc2cc(C(=O)Nc3ccc(F)cc3F)ccc2o1. The Morgan fingerprint density at radius 2 is 2.00 bits per heavy atom. The van der Waals surface area contributed by atoms with Gasteiger partial charge in [-0.1, -0.05) is 0 Å². The standard InChI is InChI=1S/C15H10F2N2O2/c1-8-18-13-6-9(2-5-14(13)21-8)15(20)19-12-4-3-10(16)7-11(12)17/h2-7H,1H3,(H,19,20). The summed E-state index contributed by atoms with van der Waals surface area (Å²) in [7, 11) is 0. The third kappa shape index (κ3) is 2.60. The minimum absolute atomic E-state index is 0.0853. The van der Waals surface area contributed by atoms with E-state index in [4.69, 9.17) is 4.42 Å². The molecule has 0 spiro atoms. The van der Waals surface area contributed by atoms with Crippen LogP contribution in [0.15, 0.2) is 40.8 Å². The van der Waals surface area contributed by atoms with Crippen molar-refractivity contribution < 1.29 is 18.0 Å². The van der Waals surface area contributed by atoms with E-state index in [0.29, 0.717) is 28.6 Å². The van der Waals surface area contributed by atoms with Crippen LogP contribution in [0.2, 0.25) is 0 Å². The maximum atomic E-state index is 13.5. The molecule has 0 radical (unpaired) electrons. The molecule has 0 unspecified atom stereocenters. The number of aryl methyl sites for hydroxylation is 1. The molecule has 0 saturated carbocycles. The minimum atomic E-state index is -0.832. The molecule has 3 aromatic rings. The van der Waals surface area contributed by atoms with E-state index in [0.717, 1.165) is 6.07 Å². The van der Waals surface area contributed by atoms with Gasteiger partial charge >= 0.3 is 0 Å². The number of carbonyl (C=O) groups is 1. The van der Waals surface area contributed by atoms with Crippen molar-refractivity contribution in [3.8, 4) is 0 Å². The van der Waals surface area contributed by atoms with Crippen LogP contribution in [0, 0.1) is 18.6 Å². The molecule has 0 aliphatic rings. The van der Waals surface area contributed by atoms with Crippen molar-refractivity contribution in [2.24, 2.45) is 0 Å². The summed E-state index contributed by atoms with van der Waals surface area (Å²) >= 11 is 0. The first-order valence-corrected chi connectivity index (χ1v) is 6.16. The lowest BCUT2D eigenvalue weighted by Crippen LogP contribution is -2.13. The second-order valence-electron chi connectivity index (χ2n) is 4.49. The lowest BCUT2D eigenvalue weighted by Gasteiger charge is -2.06. The molecule has 1 amide bonds. The number of amides is 1. The van der Waals surface area contributed by atoms with E-state index in [1.165, 1.54) is 6.07 Å². The van der Waals surface area contributed by atoms with Crippen molar-refractivity contribution in [2.45, 2.75) is 6.92 Å². The summed E-state index contributed by atoms with van der Waals surface area (Å²) in [6.45, 7) is 1.70. The Labute approximate surface area is 118 Å². The topological polar surface area (TPSA) is 55.1 Å². The van der Waals surface area contributed by atoms with Gasteiger partial charge in [0.2, 0.25) is 0 Å². The minimum Gasteiger partial charge on any atom is -0.441 e. The van der Waals surface area contributed by atoms with Gasteiger partial charge in [-0.25, -0.2) is 13.8 Å². The lowest BCUT2D eigenvalue weighted by atomic mass is 10.2. The molecule has 0 atom stereocenters. The first-order valence-electron chi connectivity index (χ1n) is 6.16. The number of aromatic nitrogens is 1. The van der Waals surface area contributed by atoms with Crippen molar-refractivity contribution in [3.63, 3.8) is 0 Å². The third-order valence-electron chi connectivity index (χ3n) is 2.94. The molecule has 2 aromatic carbocycles. The summed E-state index contributed by atoms with van der Waals surface area (Å²) in [5, 5.41) is 2.39. The van der Waals surface area contributed by atoms with Gasteiger partial charge in [0.15, 0.2) is 11.5 Å². The molecule has 106 valence electrons. The third-order valence-corrected chi connectivity index (χ3v) is 2.94. The smallest absolute Gasteiger partial charge is 0.255 e. The summed E-state index contributed by atoms with van der Waals surface area (Å²) < 4.78 is 31.6. The van der Waals surface area contributed by atoms with Crippen molar-refractivity contribution in [3.05, 3.63) is 59.5 Å². The highest BCUT2D eigenvalue weighted by Crippen LogP contribution is 2.19. The normalized spacial score (nSPS) is 10.8. The summed E-state index contributed by atoms with van der Waals surface area (Å²) in [4.78, 5) is 16.2. The Balaban J connectivity index is 1.89. The summed E-state index contributed by atoms with van der Waals surface area (Å²) in [6.07, 6.45) is 0. The maximum Gasteiger partial charge on any atom is 0.255 e. The van der Waals surface area contributed by atoms with E-state index >= 15 is 0 Å². The highest BCUT2D eigenvalue weighted by atomic mass is 19.1. The van der Waals surface area contributed by atoms with Crippen molar-refractivity contribution in [2.75, 3.05) is 5.32 Å². The van der Waals surface area contributed by atoms with Crippen LogP contribution in [-0.2, 0) is 0 Å². The number of rotatable bonds is 2. The fourth-order valence-corrected chi connectivity index (χ4v) is 1.97. The van der Waals surface area contributed by atoms with Gasteiger partial charge in [0.25, 0.3) is 5.91 Å². The Hall–Kier alpha value is -2.76. The molecular formula is C15H10F2N2O2. The molecule has 1 N–H and O–H groups in total. The number of anilines is 1. The number of benzene rings is 2. The molecule has 3 rings (SSSR count). The predicted octanol–water partition coefficient (Wildman–Crippen LogP) is 3.67. The summed E-state index contributed by atoms with van der Waals surface area (Å²) in [5.41, 5.74) is 1.33. The molecule has 0 fully saturated rings. The van der Waals surface area contributed by atoms with Gasteiger partial charge in [0, 0.05) is 18.6 Å². The fraction of sp³-hybridized carbons (Fsp3) is 0.0667. The predicted molar refractivity (Wildman–Crippen MR) is 73.1 cm³/mol. The number of hydrogen-bond donors (Lipinski definition) is 1. The quantitative estimate of drug-likeness (QED) is 0.782. The number of hydrogen-bond acceptors (Lipinski definition) is 3. The molecule has 1 aromatic heterocycles. The van der Waals surface area contributed by atoms with E-state index in [-0.39, 0.29) is 5.69 Å².